The number of anilines is 1. The quantitative estimate of drug-likeness (QED) is 0.404. The third-order valence-electron chi connectivity index (χ3n) is 3.38. The number of nitrogens with two attached hydrogens (primary N) is 2. The summed E-state index contributed by atoms with van der Waals surface area (Å²) in [5.74, 6) is -0.392. The van der Waals surface area contributed by atoms with Gasteiger partial charge in [0.15, 0.2) is 18.0 Å². The highest BCUT2D eigenvalue weighted by molar-refractivity contribution is 5.96. The van der Waals surface area contributed by atoms with Crippen LogP contribution in [0.2, 0.25) is 0 Å². The molecule has 2 aliphatic rings. The Labute approximate surface area is 113 Å². The molecule has 3 rings (SSSR count). The van der Waals surface area contributed by atoms with Crippen molar-refractivity contribution in [3.8, 4) is 0 Å². The number of aromatic nitrogens is 2. The fraction of sp³-hybridized carbons (Fsp3) is 0.500. The van der Waals surface area contributed by atoms with E-state index in [0.29, 0.717) is 5.82 Å². The number of carbonyl (C=O) groups excluding carboxylic acids is 1. The third kappa shape index (κ3) is 1.69. The number of amides is 1. The van der Waals surface area contributed by atoms with Crippen molar-refractivity contribution in [3.63, 3.8) is 0 Å². The number of imidazole rings is 1. The molecule has 2 aliphatic heterocycles. The molecule has 3 heterocycles. The van der Waals surface area contributed by atoms with Crippen LogP contribution in [-0.2, 0) is 4.74 Å². The fourth-order valence-corrected chi connectivity index (χ4v) is 2.47. The molecule has 1 amide bonds. The zero-order chi connectivity index (χ0) is 14.4. The van der Waals surface area contributed by atoms with Gasteiger partial charge in [-0.1, -0.05) is 0 Å². The predicted octanol–water partition coefficient (Wildman–Crippen LogP) is -2.66. The van der Waals surface area contributed by atoms with Crippen molar-refractivity contribution < 1.29 is 19.7 Å². The molecule has 0 saturated heterocycles. The number of primary amides is 1. The summed E-state index contributed by atoms with van der Waals surface area (Å²) >= 11 is 0. The molecule has 0 unspecified atom stereocenters. The molecular weight excluding hydrogens is 268 g/mol. The van der Waals surface area contributed by atoms with E-state index in [1.807, 2.05) is 0 Å². The lowest BCUT2D eigenvalue weighted by Crippen LogP contribution is -2.52. The number of hydrogen-bond donors (Lipinski definition) is 5. The van der Waals surface area contributed by atoms with Gasteiger partial charge in [0.1, 0.15) is 11.9 Å². The highest BCUT2D eigenvalue weighted by Crippen LogP contribution is 2.36. The smallest absolute Gasteiger partial charge is 0.284 e. The minimum atomic E-state index is -1.12. The van der Waals surface area contributed by atoms with E-state index in [0.717, 1.165) is 0 Å². The zero-order valence-corrected chi connectivity index (χ0v) is 10.3. The molecule has 0 radical (unpaired) electrons. The van der Waals surface area contributed by atoms with Crippen molar-refractivity contribution >= 4 is 17.7 Å². The van der Waals surface area contributed by atoms with Crippen molar-refractivity contribution in [1.82, 2.24) is 9.55 Å². The molecule has 20 heavy (non-hydrogen) atoms. The highest BCUT2D eigenvalue weighted by atomic mass is 16.5. The molecule has 1 aromatic rings. The first kappa shape index (κ1) is 12.7. The summed E-state index contributed by atoms with van der Waals surface area (Å²) < 4.78 is 6.92. The summed E-state index contributed by atoms with van der Waals surface area (Å²) in [5.41, 5.74) is 10.8. The normalized spacial score (nSPS) is 28.7. The fourth-order valence-electron chi connectivity index (χ4n) is 2.47. The van der Waals surface area contributed by atoms with Crippen LogP contribution in [-0.4, -0.2) is 56.5 Å². The number of amidine groups is 1. The van der Waals surface area contributed by atoms with E-state index in [4.69, 9.17) is 21.3 Å². The predicted molar refractivity (Wildman–Crippen MR) is 66.8 cm³/mol. The SMILES string of the molecule is NC(=O)c1ncn2c1N[C@H]([C@@H](O)CO)[C@H]1OC(N)=N[C@H]12. The van der Waals surface area contributed by atoms with Crippen LogP contribution >= 0.6 is 0 Å². The Kier molecular flexibility index (Phi) is 2.76. The molecule has 1 aromatic heterocycles. The Hall–Kier alpha value is -2.33. The lowest BCUT2D eigenvalue weighted by atomic mass is 10.0. The van der Waals surface area contributed by atoms with E-state index in [9.17, 15) is 9.90 Å². The minimum Gasteiger partial charge on any atom is -0.455 e. The van der Waals surface area contributed by atoms with E-state index >= 15 is 0 Å². The Morgan fingerprint density at radius 1 is 1.65 bits per heavy atom. The Morgan fingerprint density at radius 2 is 2.40 bits per heavy atom. The Bertz CT molecular complexity index is 584. The summed E-state index contributed by atoms with van der Waals surface area (Å²) in [6.45, 7) is -0.482. The molecule has 10 nitrogen and oxygen atoms in total. The number of carbonyl (C=O) groups is 1. The van der Waals surface area contributed by atoms with Crippen molar-refractivity contribution in [3.05, 3.63) is 12.0 Å². The zero-order valence-electron chi connectivity index (χ0n) is 10.3. The van der Waals surface area contributed by atoms with Crippen molar-refractivity contribution in [1.29, 1.82) is 0 Å². The number of aliphatic hydroxyl groups is 2. The Balaban J connectivity index is 2.06. The van der Waals surface area contributed by atoms with Crippen molar-refractivity contribution in [2.45, 2.75) is 24.4 Å². The molecule has 4 atom stereocenters. The molecule has 0 spiro atoms. The maximum Gasteiger partial charge on any atom is 0.284 e. The van der Waals surface area contributed by atoms with Gasteiger partial charge in [-0.25, -0.2) is 9.98 Å². The summed E-state index contributed by atoms with van der Waals surface area (Å²) in [4.78, 5) is 19.4. The average Bonchev–Trinajstić information content (AvgIpc) is 2.98. The summed E-state index contributed by atoms with van der Waals surface area (Å²) in [6.07, 6.45) is -0.904. The second kappa shape index (κ2) is 4.35. The number of ether oxygens (including phenoxy) is 1. The third-order valence-corrected chi connectivity index (χ3v) is 3.38. The van der Waals surface area contributed by atoms with E-state index in [-0.39, 0.29) is 11.7 Å². The number of rotatable bonds is 3. The van der Waals surface area contributed by atoms with Crippen LogP contribution in [0.25, 0.3) is 0 Å². The van der Waals surface area contributed by atoms with Gasteiger partial charge in [0.05, 0.1) is 19.0 Å². The van der Waals surface area contributed by atoms with Gasteiger partial charge in [0, 0.05) is 0 Å². The Morgan fingerprint density at radius 3 is 3.05 bits per heavy atom. The van der Waals surface area contributed by atoms with Crippen LogP contribution in [0.15, 0.2) is 11.3 Å². The molecule has 10 heteroatoms. The molecular formula is C10H14N6O4. The number of nitrogens with one attached hydrogen (secondary N) is 1. The van der Waals surface area contributed by atoms with Gasteiger partial charge < -0.3 is 31.7 Å². The van der Waals surface area contributed by atoms with Crippen LogP contribution < -0.4 is 16.8 Å². The van der Waals surface area contributed by atoms with E-state index < -0.39 is 36.9 Å². The van der Waals surface area contributed by atoms with E-state index in [1.54, 1.807) is 4.57 Å². The monoisotopic (exact) mass is 282 g/mol. The number of nitrogens with zero attached hydrogens (tertiary/aromatic N) is 3. The second-order valence-corrected chi connectivity index (χ2v) is 4.60. The molecule has 0 aromatic carbocycles. The van der Waals surface area contributed by atoms with Crippen LogP contribution in [0.4, 0.5) is 5.82 Å². The van der Waals surface area contributed by atoms with Crippen LogP contribution in [0.5, 0.6) is 0 Å². The summed E-state index contributed by atoms with van der Waals surface area (Å²) in [6, 6.07) is -0.726. The lowest BCUT2D eigenvalue weighted by molar-refractivity contribution is 0.0207. The first-order chi connectivity index (χ1) is 9.52. The minimum absolute atomic E-state index is 0.0271. The van der Waals surface area contributed by atoms with Gasteiger partial charge in [-0.2, -0.15) is 0 Å². The molecule has 108 valence electrons. The number of aliphatic hydroxyl groups excluding tert-OH is 2. The molecule has 0 saturated carbocycles. The number of aliphatic imine (C=N–C) groups is 1. The average molecular weight is 282 g/mol. The first-order valence-electron chi connectivity index (χ1n) is 5.95. The van der Waals surface area contributed by atoms with Crippen LogP contribution in [0.1, 0.15) is 16.7 Å². The van der Waals surface area contributed by atoms with Gasteiger partial charge >= 0.3 is 0 Å². The molecule has 7 N–H and O–H groups in total. The van der Waals surface area contributed by atoms with Crippen LogP contribution in [0.3, 0.4) is 0 Å². The lowest BCUT2D eigenvalue weighted by Gasteiger charge is -2.36. The van der Waals surface area contributed by atoms with Crippen molar-refractivity contribution in [2.24, 2.45) is 16.5 Å². The molecule has 0 bridgehead atoms. The summed E-state index contributed by atoms with van der Waals surface area (Å²) in [5, 5.41) is 21.9. The number of hydrogen-bond acceptors (Lipinski definition) is 8. The van der Waals surface area contributed by atoms with E-state index in [2.05, 4.69) is 15.3 Å². The van der Waals surface area contributed by atoms with E-state index in [1.165, 1.54) is 6.33 Å². The topological polar surface area (TPSA) is 161 Å². The molecule has 0 fully saturated rings. The maximum atomic E-state index is 11.3. The van der Waals surface area contributed by atoms with Gasteiger partial charge in [0.2, 0.25) is 0 Å². The summed E-state index contributed by atoms with van der Waals surface area (Å²) in [7, 11) is 0. The maximum absolute atomic E-state index is 11.3. The first-order valence-corrected chi connectivity index (χ1v) is 5.95. The highest BCUT2D eigenvalue weighted by Gasteiger charge is 2.46. The second-order valence-electron chi connectivity index (χ2n) is 4.60. The van der Waals surface area contributed by atoms with Crippen LogP contribution in [0, 0.1) is 0 Å². The van der Waals surface area contributed by atoms with Crippen molar-refractivity contribution in [2.75, 3.05) is 11.9 Å². The van der Waals surface area contributed by atoms with Gasteiger partial charge in [-0.05, 0) is 0 Å². The van der Waals surface area contributed by atoms with Gasteiger partial charge in [-0.3, -0.25) is 9.36 Å². The largest absolute Gasteiger partial charge is 0.455 e. The number of fused-ring (bicyclic) bond motifs is 3. The molecule has 0 aliphatic carbocycles. The van der Waals surface area contributed by atoms with Gasteiger partial charge in [-0.15, -0.1) is 0 Å². The van der Waals surface area contributed by atoms with Gasteiger partial charge in [0.25, 0.3) is 11.9 Å². The standard InChI is InChI=1S/C10H14N6O4/c11-7(19)5-8-14-4(3(18)1-17)6-9(15-10(12)20-6)16(8)2-13-5/h2-4,6,9,14,17-18H,1H2,(H2,11,19)(H2,12,15)/t3-,4+,6+,9-/m0/s1.